The van der Waals surface area contributed by atoms with Crippen molar-refractivity contribution in [2.45, 2.75) is 52.0 Å². The molecule has 84 valence electrons. The quantitative estimate of drug-likeness (QED) is 0.709. The van der Waals surface area contributed by atoms with Crippen LogP contribution >= 0.6 is 0 Å². The summed E-state index contributed by atoms with van der Waals surface area (Å²) < 4.78 is 0. The van der Waals surface area contributed by atoms with E-state index in [4.69, 9.17) is 5.73 Å². The molecule has 2 unspecified atom stereocenters. The highest BCUT2D eigenvalue weighted by Gasteiger charge is 2.23. The molecule has 2 N–H and O–H groups in total. The summed E-state index contributed by atoms with van der Waals surface area (Å²) >= 11 is 0. The predicted molar refractivity (Wildman–Crippen MR) is 62.3 cm³/mol. The first-order valence-electron chi connectivity index (χ1n) is 6.22. The molecule has 0 amide bonds. The number of hydrogen-bond donors (Lipinski definition) is 1. The molecule has 0 spiro atoms. The van der Waals surface area contributed by atoms with Crippen LogP contribution < -0.4 is 5.73 Å². The minimum Gasteiger partial charge on any atom is -0.330 e. The van der Waals surface area contributed by atoms with Gasteiger partial charge in [-0.3, -0.25) is 0 Å². The Labute approximate surface area is 88.8 Å². The van der Waals surface area contributed by atoms with Gasteiger partial charge >= 0.3 is 0 Å². The second-order valence-electron chi connectivity index (χ2n) is 4.74. The van der Waals surface area contributed by atoms with Gasteiger partial charge in [0.15, 0.2) is 0 Å². The Bertz CT molecular complexity index is 147. The summed E-state index contributed by atoms with van der Waals surface area (Å²) in [5.74, 6) is 0.825. The standard InChI is InChI=1S/C12H26N2/c1-3-12-7-5-9-14(12)10-11(2)6-4-8-13/h11-12H,3-10,13H2,1-2H3. The van der Waals surface area contributed by atoms with E-state index in [9.17, 15) is 0 Å². The number of nitrogens with zero attached hydrogens (tertiary/aromatic N) is 1. The summed E-state index contributed by atoms with van der Waals surface area (Å²) in [6, 6.07) is 0.871. The zero-order valence-corrected chi connectivity index (χ0v) is 9.84. The second-order valence-corrected chi connectivity index (χ2v) is 4.74. The lowest BCUT2D eigenvalue weighted by Crippen LogP contribution is -2.33. The Morgan fingerprint density at radius 1 is 1.50 bits per heavy atom. The minimum atomic E-state index is 0.825. The monoisotopic (exact) mass is 198 g/mol. The van der Waals surface area contributed by atoms with Gasteiger partial charge in [-0.25, -0.2) is 0 Å². The summed E-state index contributed by atoms with van der Waals surface area (Å²) in [6.07, 6.45) is 6.63. The van der Waals surface area contributed by atoms with Crippen LogP contribution in [0.2, 0.25) is 0 Å². The largest absolute Gasteiger partial charge is 0.330 e. The lowest BCUT2D eigenvalue weighted by atomic mass is 10.0. The van der Waals surface area contributed by atoms with Crippen LogP contribution in [0.1, 0.15) is 46.0 Å². The average Bonchev–Trinajstić information content (AvgIpc) is 2.62. The van der Waals surface area contributed by atoms with Crippen LogP contribution in [0, 0.1) is 5.92 Å². The van der Waals surface area contributed by atoms with Crippen LogP contribution in [0.4, 0.5) is 0 Å². The third-order valence-electron chi connectivity index (χ3n) is 3.42. The molecule has 0 aromatic heterocycles. The molecule has 0 aliphatic carbocycles. The Balaban J connectivity index is 2.21. The zero-order valence-electron chi connectivity index (χ0n) is 9.84. The fraction of sp³-hybridized carbons (Fsp3) is 1.00. The molecule has 0 aromatic carbocycles. The summed E-state index contributed by atoms with van der Waals surface area (Å²) in [5.41, 5.74) is 5.52. The fourth-order valence-electron chi connectivity index (χ4n) is 2.56. The van der Waals surface area contributed by atoms with Gasteiger partial charge in [-0.05, 0) is 51.1 Å². The summed E-state index contributed by atoms with van der Waals surface area (Å²) in [4.78, 5) is 2.68. The molecule has 1 saturated heterocycles. The lowest BCUT2D eigenvalue weighted by molar-refractivity contribution is 0.210. The van der Waals surface area contributed by atoms with Crippen molar-refractivity contribution >= 4 is 0 Å². The lowest BCUT2D eigenvalue weighted by Gasteiger charge is -2.26. The molecule has 0 bridgehead atoms. The molecule has 2 nitrogen and oxygen atoms in total. The number of hydrogen-bond acceptors (Lipinski definition) is 2. The summed E-state index contributed by atoms with van der Waals surface area (Å²) in [7, 11) is 0. The second kappa shape index (κ2) is 6.41. The van der Waals surface area contributed by atoms with Crippen molar-refractivity contribution < 1.29 is 0 Å². The van der Waals surface area contributed by atoms with E-state index in [2.05, 4.69) is 18.7 Å². The van der Waals surface area contributed by atoms with Gasteiger partial charge in [-0.2, -0.15) is 0 Å². The van der Waals surface area contributed by atoms with E-state index in [0.29, 0.717) is 0 Å². The maximum absolute atomic E-state index is 5.52. The molecule has 0 aromatic rings. The molecular formula is C12H26N2. The van der Waals surface area contributed by atoms with E-state index in [1.165, 1.54) is 45.2 Å². The van der Waals surface area contributed by atoms with Crippen LogP contribution in [0.15, 0.2) is 0 Å². The number of likely N-dealkylation sites (tertiary alicyclic amines) is 1. The molecule has 1 rings (SSSR count). The molecule has 2 heteroatoms. The third kappa shape index (κ3) is 3.58. The zero-order chi connectivity index (χ0) is 10.4. The summed E-state index contributed by atoms with van der Waals surface area (Å²) in [6.45, 7) is 8.14. The predicted octanol–water partition coefficient (Wildman–Crippen LogP) is 2.24. The molecule has 14 heavy (non-hydrogen) atoms. The highest BCUT2D eigenvalue weighted by atomic mass is 15.2. The van der Waals surface area contributed by atoms with Gasteiger partial charge in [0, 0.05) is 12.6 Å². The third-order valence-corrected chi connectivity index (χ3v) is 3.42. The highest BCUT2D eigenvalue weighted by molar-refractivity contribution is 4.78. The molecule has 1 heterocycles. The van der Waals surface area contributed by atoms with Crippen LogP contribution in [0.25, 0.3) is 0 Å². The fourth-order valence-corrected chi connectivity index (χ4v) is 2.56. The highest BCUT2D eigenvalue weighted by Crippen LogP contribution is 2.21. The molecular weight excluding hydrogens is 172 g/mol. The van der Waals surface area contributed by atoms with Gasteiger partial charge < -0.3 is 10.6 Å². The van der Waals surface area contributed by atoms with Crippen molar-refractivity contribution in [2.24, 2.45) is 11.7 Å². The van der Waals surface area contributed by atoms with Crippen LogP contribution in [-0.2, 0) is 0 Å². The Morgan fingerprint density at radius 3 is 2.93 bits per heavy atom. The SMILES string of the molecule is CCC1CCCN1CC(C)CCCN. The van der Waals surface area contributed by atoms with Gasteiger partial charge in [-0.15, -0.1) is 0 Å². The number of nitrogens with two attached hydrogens (primary N) is 1. The minimum absolute atomic E-state index is 0.825. The average molecular weight is 198 g/mol. The Kier molecular flexibility index (Phi) is 5.49. The topological polar surface area (TPSA) is 29.3 Å². The van der Waals surface area contributed by atoms with Gasteiger partial charge in [0.05, 0.1) is 0 Å². The van der Waals surface area contributed by atoms with Crippen molar-refractivity contribution in [2.75, 3.05) is 19.6 Å². The van der Waals surface area contributed by atoms with Crippen molar-refractivity contribution in [3.8, 4) is 0 Å². The van der Waals surface area contributed by atoms with Crippen molar-refractivity contribution in [1.29, 1.82) is 0 Å². The van der Waals surface area contributed by atoms with Crippen LogP contribution in [-0.4, -0.2) is 30.6 Å². The van der Waals surface area contributed by atoms with E-state index in [1.54, 1.807) is 0 Å². The molecule has 2 atom stereocenters. The molecule has 0 saturated carbocycles. The van der Waals surface area contributed by atoms with E-state index in [0.717, 1.165) is 18.5 Å². The van der Waals surface area contributed by atoms with Gasteiger partial charge in [0.1, 0.15) is 0 Å². The Hall–Kier alpha value is -0.0800. The van der Waals surface area contributed by atoms with Gasteiger partial charge in [0.2, 0.25) is 0 Å². The Morgan fingerprint density at radius 2 is 2.29 bits per heavy atom. The van der Waals surface area contributed by atoms with Crippen molar-refractivity contribution in [1.82, 2.24) is 4.90 Å². The van der Waals surface area contributed by atoms with Crippen LogP contribution in [0.3, 0.4) is 0 Å². The van der Waals surface area contributed by atoms with Crippen molar-refractivity contribution in [3.63, 3.8) is 0 Å². The number of rotatable bonds is 6. The summed E-state index contributed by atoms with van der Waals surface area (Å²) in [5, 5.41) is 0. The van der Waals surface area contributed by atoms with E-state index >= 15 is 0 Å². The normalized spacial score (nSPS) is 25.5. The van der Waals surface area contributed by atoms with E-state index in [-0.39, 0.29) is 0 Å². The smallest absolute Gasteiger partial charge is 0.00932 e. The molecule has 1 aliphatic rings. The maximum atomic E-state index is 5.52. The van der Waals surface area contributed by atoms with Crippen molar-refractivity contribution in [3.05, 3.63) is 0 Å². The first-order chi connectivity index (χ1) is 6.77. The first-order valence-corrected chi connectivity index (χ1v) is 6.22. The van der Waals surface area contributed by atoms with Gasteiger partial charge in [-0.1, -0.05) is 13.8 Å². The first kappa shape index (κ1) is 12.0. The van der Waals surface area contributed by atoms with Crippen LogP contribution in [0.5, 0.6) is 0 Å². The molecule has 1 fully saturated rings. The van der Waals surface area contributed by atoms with E-state index < -0.39 is 0 Å². The van der Waals surface area contributed by atoms with Gasteiger partial charge in [0.25, 0.3) is 0 Å². The maximum Gasteiger partial charge on any atom is 0.00932 e. The molecule has 0 radical (unpaired) electrons. The van der Waals surface area contributed by atoms with E-state index in [1.807, 2.05) is 0 Å². The molecule has 1 aliphatic heterocycles.